The quantitative estimate of drug-likeness (QED) is 0.527. The van der Waals surface area contributed by atoms with E-state index in [1.165, 1.54) is 0 Å². The maximum Gasteiger partial charge on any atom is 0.417 e. The van der Waals surface area contributed by atoms with Crippen molar-refractivity contribution in [2.75, 3.05) is 12.0 Å². The van der Waals surface area contributed by atoms with Crippen molar-refractivity contribution >= 4 is 17.8 Å². The monoisotopic (exact) mass is 454 g/mol. The number of halogens is 3. The van der Waals surface area contributed by atoms with Crippen molar-refractivity contribution in [1.82, 2.24) is 15.7 Å². The van der Waals surface area contributed by atoms with Crippen molar-refractivity contribution in [3.05, 3.63) is 59.8 Å². The standard InChI is InChI=1S/C21H25F3N4O4/c1-20(2,3)32-19(30)26-16(13-31-12-14-7-5-4-6-8-14)18(29)28-27-17-10-9-15(11-25-17)21(22,23)24/h4-11,16H,12-13H2,1-3H3,(H,25,27)(H,26,30)(H,28,29)/t16-/m1/s1. The first-order valence-corrected chi connectivity index (χ1v) is 9.64. The summed E-state index contributed by atoms with van der Waals surface area (Å²) in [7, 11) is 0. The van der Waals surface area contributed by atoms with Gasteiger partial charge < -0.3 is 14.8 Å². The zero-order valence-corrected chi connectivity index (χ0v) is 17.8. The summed E-state index contributed by atoms with van der Waals surface area (Å²) in [6, 6.07) is 9.95. The van der Waals surface area contributed by atoms with E-state index in [1.807, 2.05) is 30.3 Å². The number of hydrogen-bond acceptors (Lipinski definition) is 6. The Morgan fingerprint density at radius 1 is 1.06 bits per heavy atom. The lowest BCUT2D eigenvalue weighted by Crippen LogP contribution is -2.51. The van der Waals surface area contributed by atoms with Crippen LogP contribution in [-0.4, -0.2) is 35.2 Å². The first-order chi connectivity index (χ1) is 14.9. The number of nitrogens with zero attached hydrogens (tertiary/aromatic N) is 1. The molecule has 0 aliphatic rings. The number of carbonyl (C=O) groups is 2. The molecule has 2 aromatic rings. The zero-order chi connectivity index (χ0) is 23.8. The van der Waals surface area contributed by atoms with Gasteiger partial charge in [0.1, 0.15) is 17.5 Å². The van der Waals surface area contributed by atoms with E-state index in [1.54, 1.807) is 20.8 Å². The molecule has 0 aliphatic heterocycles. The van der Waals surface area contributed by atoms with E-state index in [9.17, 15) is 22.8 Å². The van der Waals surface area contributed by atoms with Crippen LogP contribution in [0.3, 0.4) is 0 Å². The summed E-state index contributed by atoms with van der Waals surface area (Å²) < 4.78 is 48.6. The fourth-order valence-electron chi connectivity index (χ4n) is 2.35. The normalized spacial score (nSPS) is 12.6. The molecule has 0 radical (unpaired) electrons. The number of anilines is 1. The molecule has 8 nitrogen and oxygen atoms in total. The summed E-state index contributed by atoms with van der Waals surface area (Å²) in [5.74, 6) is -0.724. The number of carbonyl (C=O) groups excluding carboxylic acids is 2. The van der Waals surface area contributed by atoms with E-state index in [2.05, 4.69) is 21.2 Å². The second kappa shape index (κ2) is 10.8. The molecule has 3 N–H and O–H groups in total. The molecule has 32 heavy (non-hydrogen) atoms. The molecule has 0 spiro atoms. The zero-order valence-electron chi connectivity index (χ0n) is 17.8. The maximum atomic E-state index is 12.6. The van der Waals surface area contributed by atoms with E-state index in [0.717, 1.165) is 17.7 Å². The van der Waals surface area contributed by atoms with Crippen molar-refractivity contribution in [3.8, 4) is 0 Å². The van der Waals surface area contributed by atoms with Gasteiger partial charge in [-0.2, -0.15) is 13.2 Å². The first kappa shape index (κ1) is 24.9. The predicted molar refractivity (Wildman–Crippen MR) is 110 cm³/mol. The number of ether oxygens (including phenoxy) is 2. The van der Waals surface area contributed by atoms with Gasteiger partial charge in [0.25, 0.3) is 5.91 Å². The summed E-state index contributed by atoms with van der Waals surface area (Å²) in [6.07, 6.45) is -4.71. The molecular formula is C21H25F3N4O4. The summed E-state index contributed by atoms with van der Waals surface area (Å²) in [4.78, 5) is 28.3. The molecule has 0 fully saturated rings. The number of hydrazine groups is 1. The van der Waals surface area contributed by atoms with Crippen LogP contribution in [0.4, 0.5) is 23.8 Å². The van der Waals surface area contributed by atoms with E-state index in [-0.39, 0.29) is 19.0 Å². The Bertz CT molecular complexity index is 885. The summed E-state index contributed by atoms with van der Waals surface area (Å²) in [5, 5.41) is 2.42. The third-order valence-electron chi connectivity index (χ3n) is 3.81. The SMILES string of the molecule is CC(C)(C)OC(=O)N[C@H](COCc1ccccc1)C(=O)NNc1ccc(C(F)(F)F)cn1. The van der Waals surface area contributed by atoms with Crippen LogP contribution in [0.25, 0.3) is 0 Å². The lowest BCUT2D eigenvalue weighted by molar-refractivity contribution is -0.137. The summed E-state index contributed by atoms with van der Waals surface area (Å²) in [6.45, 7) is 5.04. The molecule has 1 aromatic carbocycles. The number of alkyl carbamates (subject to hydrolysis) is 1. The van der Waals surface area contributed by atoms with Crippen LogP contribution in [0.2, 0.25) is 0 Å². The molecule has 174 valence electrons. The lowest BCUT2D eigenvalue weighted by Gasteiger charge is -2.23. The van der Waals surface area contributed by atoms with Crippen LogP contribution in [-0.2, 0) is 27.1 Å². The van der Waals surface area contributed by atoms with Crippen molar-refractivity contribution in [2.24, 2.45) is 0 Å². The number of amides is 2. The van der Waals surface area contributed by atoms with Gasteiger partial charge in [-0.05, 0) is 38.5 Å². The van der Waals surface area contributed by atoms with Crippen LogP contribution < -0.4 is 16.2 Å². The highest BCUT2D eigenvalue weighted by Crippen LogP contribution is 2.28. The highest BCUT2D eigenvalue weighted by atomic mass is 19.4. The van der Waals surface area contributed by atoms with Crippen LogP contribution >= 0.6 is 0 Å². The number of aromatic nitrogens is 1. The van der Waals surface area contributed by atoms with Crippen LogP contribution in [0.5, 0.6) is 0 Å². The average molecular weight is 454 g/mol. The van der Waals surface area contributed by atoms with Crippen LogP contribution in [0, 0.1) is 0 Å². The van der Waals surface area contributed by atoms with Crippen molar-refractivity contribution < 1.29 is 32.2 Å². The van der Waals surface area contributed by atoms with Gasteiger partial charge in [0, 0.05) is 6.20 Å². The highest BCUT2D eigenvalue weighted by molar-refractivity contribution is 5.86. The number of nitrogens with one attached hydrogen (secondary N) is 3. The number of rotatable bonds is 8. The van der Waals surface area contributed by atoms with Crippen molar-refractivity contribution in [1.29, 1.82) is 0 Å². The number of hydrogen-bond donors (Lipinski definition) is 3. The molecule has 0 saturated heterocycles. The second-order valence-electron chi connectivity index (χ2n) is 7.74. The van der Waals surface area contributed by atoms with Gasteiger partial charge in [-0.3, -0.25) is 15.6 Å². The van der Waals surface area contributed by atoms with Gasteiger partial charge in [0.15, 0.2) is 0 Å². The maximum absolute atomic E-state index is 12.6. The Labute approximate surface area is 183 Å². The fraction of sp³-hybridized carbons (Fsp3) is 0.381. The minimum absolute atomic E-state index is 0.0208. The molecule has 1 atom stereocenters. The van der Waals surface area contributed by atoms with Crippen molar-refractivity contribution in [2.45, 2.75) is 45.2 Å². The topological polar surface area (TPSA) is 102 Å². The van der Waals surface area contributed by atoms with Crippen molar-refractivity contribution in [3.63, 3.8) is 0 Å². The van der Waals surface area contributed by atoms with Gasteiger partial charge in [-0.25, -0.2) is 9.78 Å². The Kier molecular flexibility index (Phi) is 8.41. The molecule has 1 heterocycles. The highest BCUT2D eigenvalue weighted by Gasteiger charge is 2.30. The molecule has 1 aromatic heterocycles. The second-order valence-corrected chi connectivity index (χ2v) is 7.74. The molecule has 0 bridgehead atoms. The van der Waals surface area contributed by atoms with E-state index >= 15 is 0 Å². The minimum atomic E-state index is -4.52. The number of pyridine rings is 1. The van der Waals surface area contributed by atoms with E-state index < -0.39 is 35.4 Å². The number of alkyl halides is 3. The molecule has 0 unspecified atom stereocenters. The summed E-state index contributed by atoms with van der Waals surface area (Å²) >= 11 is 0. The summed E-state index contributed by atoms with van der Waals surface area (Å²) in [5.41, 5.74) is 3.87. The van der Waals surface area contributed by atoms with Gasteiger partial charge in [0.05, 0.1) is 18.8 Å². The molecule has 2 amide bonds. The molecule has 0 aliphatic carbocycles. The smallest absolute Gasteiger partial charge is 0.417 e. The average Bonchev–Trinajstić information content (AvgIpc) is 2.70. The van der Waals surface area contributed by atoms with E-state index in [0.29, 0.717) is 6.20 Å². The Hall–Kier alpha value is -3.34. The first-order valence-electron chi connectivity index (χ1n) is 9.64. The molecule has 2 rings (SSSR count). The van der Waals surface area contributed by atoms with Crippen LogP contribution in [0.1, 0.15) is 31.9 Å². The Morgan fingerprint density at radius 2 is 1.75 bits per heavy atom. The molecule has 0 saturated carbocycles. The van der Waals surface area contributed by atoms with Gasteiger partial charge in [-0.1, -0.05) is 30.3 Å². The third-order valence-corrected chi connectivity index (χ3v) is 3.81. The number of benzene rings is 1. The lowest BCUT2D eigenvalue weighted by atomic mass is 10.2. The molecular weight excluding hydrogens is 429 g/mol. The largest absolute Gasteiger partial charge is 0.444 e. The van der Waals surface area contributed by atoms with Gasteiger partial charge >= 0.3 is 12.3 Å². The van der Waals surface area contributed by atoms with Gasteiger partial charge in [-0.15, -0.1) is 0 Å². The Balaban J connectivity index is 1.97. The predicted octanol–water partition coefficient (Wildman–Crippen LogP) is 3.65. The van der Waals surface area contributed by atoms with E-state index in [4.69, 9.17) is 9.47 Å². The fourth-order valence-corrected chi connectivity index (χ4v) is 2.35. The van der Waals surface area contributed by atoms with Gasteiger partial charge in [0.2, 0.25) is 0 Å². The minimum Gasteiger partial charge on any atom is -0.444 e. The third kappa shape index (κ3) is 8.80. The molecule has 11 heteroatoms. The Morgan fingerprint density at radius 3 is 2.31 bits per heavy atom. The van der Waals surface area contributed by atoms with Crippen LogP contribution in [0.15, 0.2) is 48.7 Å².